The second-order valence-electron chi connectivity index (χ2n) is 7.98. The van der Waals surface area contributed by atoms with Crippen LogP contribution in [0.1, 0.15) is 39.0 Å². The smallest absolute Gasteiger partial charge is 0.230 e. The number of β-lactam (4-membered cyclic amide) rings is 1. The minimum Gasteiger partial charge on any atom is -0.339 e. The molecule has 0 saturated carbocycles. The maximum Gasteiger partial charge on any atom is 0.230 e. The highest BCUT2D eigenvalue weighted by molar-refractivity contribution is 7.13. The molecule has 7 heteroatoms. The van der Waals surface area contributed by atoms with E-state index in [4.69, 9.17) is 4.52 Å². The Morgan fingerprint density at radius 2 is 2.15 bits per heavy atom. The maximum absolute atomic E-state index is 12.2. The maximum atomic E-state index is 12.2. The summed E-state index contributed by atoms with van der Waals surface area (Å²) in [5.74, 6) is 1.74. The van der Waals surface area contributed by atoms with E-state index in [0.29, 0.717) is 17.8 Å². The Balaban J connectivity index is 1.18. The van der Waals surface area contributed by atoms with Crippen molar-refractivity contribution < 1.29 is 9.32 Å². The van der Waals surface area contributed by atoms with Gasteiger partial charge >= 0.3 is 0 Å². The standard InChI is InChI=1S/C19H26N4O2S/c1-19(2)13-23(18(19)24)14-7-10-22(11-8-14)9-3-6-16-20-17(21-25-16)15-5-4-12-26-15/h4-5,12,14H,3,6-11,13H2,1-2H3. The number of piperidine rings is 1. The molecule has 2 aromatic rings. The number of carbonyl (C=O) groups is 1. The summed E-state index contributed by atoms with van der Waals surface area (Å²) in [7, 11) is 0. The Kier molecular flexibility index (Phi) is 4.84. The molecule has 0 spiro atoms. The molecule has 0 N–H and O–H groups in total. The molecular formula is C19H26N4O2S. The molecule has 0 radical (unpaired) electrons. The van der Waals surface area contributed by atoms with Gasteiger partial charge in [0.2, 0.25) is 17.6 Å². The molecule has 1 amide bonds. The van der Waals surface area contributed by atoms with Crippen molar-refractivity contribution in [1.82, 2.24) is 19.9 Å². The van der Waals surface area contributed by atoms with Gasteiger partial charge in [0.05, 0.1) is 10.3 Å². The predicted molar refractivity (Wildman–Crippen MR) is 101 cm³/mol. The van der Waals surface area contributed by atoms with E-state index in [-0.39, 0.29) is 5.41 Å². The average Bonchev–Trinajstić information content (AvgIpc) is 3.32. The minimum atomic E-state index is -0.136. The molecule has 4 rings (SSSR count). The van der Waals surface area contributed by atoms with Crippen molar-refractivity contribution in [2.45, 2.75) is 45.6 Å². The molecule has 0 unspecified atom stereocenters. The summed E-state index contributed by atoms with van der Waals surface area (Å²) >= 11 is 1.62. The fourth-order valence-corrected chi connectivity index (χ4v) is 4.58. The van der Waals surface area contributed by atoms with Crippen molar-refractivity contribution in [2.75, 3.05) is 26.2 Å². The first kappa shape index (κ1) is 17.7. The summed E-state index contributed by atoms with van der Waals surface area (Å²) < 4.78 is 5.36. The highest BCUT2D eigenvalue weighted by Crippen LogP contribution is 2.35. The fraction of sp³-hybridized carbons (Fsp3) is 0.632. The Morgan fingerprint density at radius 1 is 1.35 bits per heavy atom. The number of carbonyl (C=O) groups excluding carboxylic acids is 1. The van der Waals surface area contributed by atoms with Crippen LogP contribution in [0.15, 0.2) is 22.0 Å². The van der Waals surface area contributed by atoms with Crippen molar-refractivity contribution in [1.29, 1.82) is 0 Å². The van der Waals surface area contributed by atoms with Gasteiger partial charge in [0.15, 0.2) is 0 Å². The molecule has 0 aromatic carbocycles. The van der Waals surface area contributed by atoms with E-state index in [0.717, 1.165) is 62.6 Å². The zero-order valence-electron chi connectivity index (χ0n) is 15.5. The van der Waals surface area contributed by atoms with E-state index < -0.39 is 0 Å². The van der Waals surface area contributed by atoms with E-state index in [2.05, 4.69) is 19.9 Å². The number of hydrogen-bond donors (Lipinski definition) is 0. The van der Waals surface area contributed by atoms with Crippen LogP contribution in [0, 0.1) is 5.41 Å². The molecule has 0 atom stereocenters. The van der Waals surface area contributed by atoms with Crippen molar-refractivity contribution in [3.8, 4) is 10.7 Å². The predicted octanol–water partition coefficient (Wildman–Crippen LogP) is 3.06. The van der Waals surface area contributed by atoms with Gasteiger partial charge in [-0.1, -0.05) is 11.2 Å². The lowest BCUT2D eigenvalue weighted by Crippen LogP contribution is -2.63. The zero-order valence-corrected chi connectivity index (χ0v) is 16.3. The van der Waals surface area contributed by atoms with E-state index in [9.17, 15) is 4.79 Å². The van der Waals surface area contributed by atoms with E-state index in [1.807, 2.05) is 31.4 Å². The van der Waals surface area contributed by atoms with Gasteiger partial charge in [0.1, 0.15) is 0 Å². The zero-order chi connectivity index (χ0) is 18.1. The average molecular weight is 375 g/mol. The van der Waals surface area contributed by atoms with E-state index in [1.165, 1.54) is 0 Å². The van der Waals surface area contributed by atoms with Crippen LogP contribution in [0.2, 0.25) is 0 Å². The summed E-state index contributed by atoms with van der Waals surface area (Å²) in [4.78, 5) is 22.3. The molecule has 2 fully saturated rings. The first-order valence-corrected chi connectivity index (χ1v) is 10.3. The van der Waals surface area contributed by atoms with Crippen LogP contribution in [0.25, 0.3) is 10.7 Å². The largest absolute Gasteiger partial charge is 0.339 e. The molecule has 140 valence electrons. The van der Waals surface area contributed by atoms with E-state index >= 15 is 0 Å². The molecule has 4 heterocycles. The number of nitrogens with zero attached hydrogens (tertiary/aromatic N) is 4. The Bertz CT molecular complexity index is 747. The van der Waals surface area contributed by atoms with E-state index in [1.54, 1.807) is 11.3 Å². The molecule has 0 bridgehead atoms. The first-order chi connectivity index (χ1) is 12.5. The third-order valence-electron chi connectivity index (χ3n) is 5.48. The summed E-state index contributed by atoms with van der Waals surface area (Å²) in [5, 5.41) is 6.08. The van der Waals surface area contributed by atoms with Gasteiger partial charge in [0, 0.05) is 32.1 Å². The number of aromatic nitrogens is 2. The summed E-state index contributed by atoms with van der Waals surface area (Å²) in [6.07, 6.45) is 4.01. The first-order valence-electron chi connectivity index (χ1n) is 9.43. The lowest BCUT2D eigenvalue weighted by atomic mass is 9.80. The molecule has 2 aliphatic rings. The molecule has 26 heavy (non-hydrogen) atoms. The van der Waals surface area contributed by atoms with Crippen LogP contribution in [0.5, 0.6) is 0 Å². The minimum absolute atomic E-state index is 0.136. The summed E-state index contributed by atoms with van der Waals surface area (Å²) in [6, 6.07) is 4.44. The molecule has 6 nitrogen and oxygen atoms in total. The second-order valence-corrected chi connectivity index (χ2v) is 8.93. The fourth-order valence-electron chi connectivity index (χ4n) is 3.93. The molecular weight excluding hydrogens is 348 g/mol. The van der Waals surface area contributed by atoms with Gasteiger partial charge < -0.3 is 14.3 Å². The Labute approximate surface area is 158 Å². The molecule has 2 aromatic heterocycles. The monoisotopic (exact) mass is 374 g/mol. The number of rotatable bonds is 6. The van der Waals surface area contributed by atoms with Gasteiger partial charge in [-0.05, 0) is 51.1 Å². The number of amides is 1. The number of likely N-dealkylation sites (tertiary alicyclic amines) is 2. The van der Waals surface area contributed by atoms with Gasteiger partial charge in [0.25, 0.3) is 0 Å². The SMILES string of the molecule is CC1(C)CN(C2CCN(CCCc3nc(-c4cccs4)no3)CC2)C1=O. The summed E-state index contributed by atoms with van der Waals surface area (Å²) in [6.45, 7) is 8.19. The van der Waals surface area contributed by atoms with Crippen molar-refractivity contribution in [3.05, 3.63) is 23.4 Å². The molecule has 2 aliphatic heterocycles. The van der Waals surface area contributed by atoms with Crippen LogP contribution < -0.4 is 0 Å². The lowest BCUT2D eigenvalue weighted by Gasteiger charge is -2.50. The second kappa shape index (κ2) is 7.12. The van der Waals surface area contributed by atoms with Crippen LogP contribution in [-0.4, -0.2) is 58.1 Å². The third kappa shape index (κ3) is 3.55. The van der Waals surface area contributed by atoms with Crippen LogP contribution in [0.3, 0.4) is 0 Å². The lowest BCUT2D eigenvalue weighted by molar-refractivity contribution is -0.162. The summed E-state index contributed by atoms with van der Waals surface area (Å²) in [5.41, 5.74) is -0.136. The van der Waals surface area contributed by atoms with Gasteiger partial charge in [-0.3, -0.25) is 4.79 Å². The van der Waals surface area contributed by atoms with Crippen molar-refractivity contribution >= 4 is 17.2 Å². The van der Waals surface area contributed by atoms with Gasteiger partial charge in [-0.15, -0.1) is 11.3 Å². The Hall–Kier alpha value is -1.73. The normalized spacial score (nSPS) is 21.2. The molecule has 2 saturated heterocycles. The quantitative estimate of drug-likeness (QED) is 0.727. The van der Waals surface area contributed by atoms with Crippen LogP contribution in [-0.2, 0) is 11.2 Å². The van der Waals surface area contributed by atoms with Crippen molar-refractivity contribution in [3.63, 3.8) is 0 Å². The number of thiophene rings is 1. The van der Waals surface area contributed by atoms with Crippen LogP contribution >= 0.6 is 11.3 Å². The van der Waals surface area contributed by atoms with Crippen molar-refractivity contribution in [2.24, 2.45) is 5.41 Å². The van der Waals surface area contributed by atoms with Gasteiger partial charge in [-0.2, -0.15) is 4.98 Å². The highest BCUT2D eigenvalue weighted by Gasteiger charge is 2.47. The molecule has 0 aliphatic carbocycles. The number of aryl methyl sites for hydroxylation is 1. The van der Waals surface area contributed by atoms with Gasteiger partial charge in [-0.25, -0.2) is 0 Å². The highest BCUT2D eigenvalue weighted by atomic mass is 32.1. The topological polar surface area (TPSA) is 62.5 Å². The number of hydrogen-bond acceptors (Lipinski definition) is 6. The van der Waals surface area contributed by atoms with Crippen LogP contribution in [0.4, 0.5) is 0 Å². The Morgan fingerprint density at radius 3 is 2.81 bits per heavy atom. The third-order valence-corrected chi connectivity index (χ3v) is 6.34.